The number of fused-ring (bicyclic) bond motifs is 1. The monoisotopic (exact) mass is 439 g/mol. The highest BCUT2D eigenvalue weighted by molar-refractivity contribution is 6.00. The van der Waals surface area contributed by atoms with Crippen molar-refractivity contribution >= 4 is 28.4 Å². The molecule has 7 heteroatoms. The summed E-state index contributed by atoms with van der Waals surface area (Å²) >= 11 is 0. The van der Waals surface area contributed by atoms with Gasteiger partial charge in [0.2, 0.25) is 5.91 Å². The second-order valence-corrected chi connectivity index (χ2v) is 8.08. The van der Waals surface area contributed by atoms with Crippen molar-refractivity contribution < 1.29 is 9.59 Å². The lowest BCUT2D eigenvalue weighted by Crippen LogP contribution is -2.12. The number of rotatable bonds is 7. The first-order chi connectivity index (χ1) is 15.9. The first-order valence-electron chi connectivity index (χ1n) is 10.6. The third kappa shape index (κ3) is 5.22. The summed E-state index contributed by atoms with van der Waals surface area (Å²) in [5.41, 5.74) is 5.63. The number of aromatic amines is 1. The summed E-state index contributed by atoms with van der Waals surface area (Å²) < 4.78 is 0. The minimum Gasteiger partial charge on any atom is -0.346 e. The number of aromatic nitrogens is 3. The van der Waals surface area contributed by atoms with Gasteiger partial charge in [-0.25, -0.2) is 4.98 Å². The molecule has 0 saturated heterocycles. The Labute approximate surface area is 192 Å². The van der Waals surface area contributed by atoms with Crippen LogP contribution in [0.5, 0.6) is 0 Å². The Morgan fingerprint density at radius 1 is 1.06 bits per heavy atom. The minimum absolute atomic E-state index is 0.0292. The Bertz CT molecular complexity index is 1350. The van der Waals surface area contributed by atoms with Gasteiger partial charge in [0.25, 0.3) is 0 Å². The maximum atomic E-state index is 12.2. The van der Waals surface area contributed by atoms with Crippen molar-refractivity contribution in [2.24, 2.45) is 0 Å². The zero-order valence-corrected chi connectivity index (χ0v) is 18.8. The topological polar surface area (TPSA) is 91.0 Å². The highest BCUT2D eigenvalue weighted by Gasteiger charge is 2.11. The fraction of sp³-hybridized carbons (Fsp3) is 0.154. The Kier molecular flexibility index (Phi) is 6.42. The number of nitrogens with one attached hydrogen (secondary N) is 2. The van der Waals surface area contributed by atoms with Crippen molar-refractivity contribution in [1.82, 2.24) is 19.9 Å². The Morgan fingerprint density at radius 3 is 2.70 bits per heavy atom. The van der Waals surface area contributed by atoms with E-state index in [0.717, 1.165) is 33.3 Å². The maximum Gasteiger partial charge on any atom is 0.248 e. The molecule has 0 unspecified atom stereocenters. The molecule has 0 atom stereocenters. The number of nitrogens with zero attached hydrogens (tertiary/aromatic N) is 3. The first-order valence-corrected chi connectivity index (χ1v) is 10.6. The molecule has 7 nitrogen and oxygen atoms in total. The number of anilines is 1. The molecule has 0 aliphatic rings. The number of benzene rings is 1. The van der Waals surface area contributed by atoms with Crippen LogP contribution in [0.3, 0.4) is 0 Å². The number of likely N-dealkylation sites (N-methyl/N-ethyl adjacent to an activating group) is 1. The average Bonchev–Trinajstić information content (AvgIpc) is 3.22. The van der Waals surface area contributed by atoms with E-state index in [9.17, 15) is 9.59 Å². The van der Waals surface area contributed by atoms with Crippen molar-refractivity contribution in [3.63, 3.8) is 0 Å². The minimum atomic E-state index is -0.173. The van der Waals surface area contributed by atoms with Crippen LogP contribution in [0.15, 0.2) is 73.3 Å². The zero-order valence-electron chi connectivity index (χ0n) is 18.8. The van der Waals surface area contributed by atoms with E-state index in [4.69, 9.17) is 0 Å². The molecule has 0 aliphatic heterocycles. The van der Waals surface area contributed by atoms with Crippen LogP contribution in [0, 0.1) is 0 Å². The van der Waals surface area contributed by atoms with Crippen LogP contribution in [0.4, 0.5) is 5.69 Å². The Balaban J connectivity index is 1.63. The van der Waals surface area contributed by atoms with Crippen LogP contribution in [-0.2, 0) is 4.79 Å². The maximum absolute atomic E-state index is 12.2. The fourth-order valence-electron chi connectivity index (χ4n) is 3.51. The quantitative estimate of drug-likeness (QED) is 0.326. The molecule has 0 aliphatic carbocycles. The van der Waals surface area contributed by atoms with Crippen molar-refractivity contribution in [2.75, 3.05) is 26.0 Å². The van der Waals surface area contributed by atoms with Crippen LogP contribution >= 0.6 is 0 Å². The standard InChI is InChI=1S/C26H25N5O2/c1-17(32)19-10-21(14-27-13-19)24-16-29-26-23(24)12-20(15-28-26)18-6-4-7-22(11-18)30-25(33)8-5-9-31(2)3/h4-8,10-16H,9H2,1-3H3,(H,28,29)(H,30,33)/b8-5+. The third-order valence-electron chi connectivity index (χ3n) is 5.19. The van der Waals surface area contributed by atoms with Gasteiger partial charge in [-0.3, -0.25) is 14.6 Å². The number of ketones is 1. The number of carbonyl (C=O) groups is 2. The van der Waals surface area contributed by atoms with Crippen LogP contribution < -0.4 is 5.32 Å². The molecule has 3 aromatic heterocycles. The highest BCUT2D eigenvalue weighted by Crippen LogP contribution is 2.31. The first kappa shape index (κ1) is 22.1. The second kappa shape index (κ2) is 9.58. The van der Waals surface area contributed by atoms with Gasteiger partial charge in [-0.05, 0) is 50.8 Å². The summed E-state index contributed by atoms with van der Waals surface area (Å²) in [7, 11) is 3.89. The molecule has 33 heavy (non-hydrogen) atoms. The normalized spacial score (nSPS) is 11.4. The molecule has 4 aromatic rings. The predicted molar refractivity (Wildman–Crippen MR) is 131 cm³/mol. The van der Waals surface area contributed by atoms with E-state index in [1.807, 2.05) is 67.7 Å². The average molecular weight is 440 g/mol. The van der Waals surface area contributed by atoms with E-state index >= 15 is 0 Å². The summed E-state index contributed by atoms with van der Waals surface area (Å²) in [5.74, 6) is -0.202. The van der Waals surface area contributed by atoms with E-state index in [0.29, 0.717) is 17.8 Å². The molecule has 166 valence electrons. The molecule has 0 fully saturated rings. The molecule has 4 rings (SSSR count). The van der Waals surface area contributed by atoms with Crippen molar-refractivity contribution in [1.29, 1.82) is 0 Å². The molecule has 1 amide bonds. The van der Waals surface area contributed by atoms with E-state index in [1.165, 1.54) is 13.0 Å². The molecule has 0 spiro atoms. The third-order valence-corrected chi connectivity index (χ3v) is 5.19. The van der Waals surface area contributed by atoms with Crippen LogP contribution in [0.25, 0.3) is 33.3 Å². The predicted octanol–water partition coefficient (Wildman–Crippen LogP) is 4.55. The number of H-pyrrole nitrogens is 1. The number of Topliss-reactive ketones (excluding diaryl/α,β-unsaturated/α-hetero) is 1. The van der Waals surface area contributed by atoms with E-state index in [2.05, 4.69) is 20.3 Å². The molecule has 0 radical (unpaired) electrons. The van der Waals surface area contributed by atoms with Gasteiger partial charge in [-0.1, -0.05) is 18.2 Å². The summed E-state index contributed by atoms with van der Waals surface area (Å²) in [6.07, 6.45) is 10.3. The molecule has 1 aromatic carbocycles. The van der Waals surface area contributed by atoms with Crippen LogP contribution in [-0.4, -0.2) is 52.2 Å². The van der Waals surface area contributed by atoms with Crippen molar-refractivity contribution in [2.45, 2.75) is 6.92 Å². The molecular weight excluding hydrogens is 414 g/mol. The van der Waals surface area contributed by atoms with Crippen LogP contribution in [0.2, 0.25) is 0 Å². The van der Waals surface area contributed by atoms with Crippen LogP contribution in [0.1, 0.15) is 17.3 Å². The van der Waals surface area contributed by atoms with Crippen molar-refractivity contribution in [3.05, 3.63) is 78.9 Å². The number of amides is 1. The summed E-state index contributed by atoms with van der Waals surface area (Å²) in [6, 6.07) is 11.5. The molecule has 0 bridgehead atoms. The molecule has 3 heterocycles. The van der Waals surface area contributed by atoms with E-state index in [1.54, 1.807) is 18.6 Å². The van der Waals surface area contributed by atoms with Gasteiger partial charge >= 0.3 is 0 Å². The number of carbonyl (C=O) groups excluding carboxylic acids is 2. The molecular formula is C26H25N5O2. The smallest absolute Gasteiger partial charge is 0.248 e. The lowest BCUT2D eigenvalue weighted by molar-refractivity contribution is -0.111. The lowest BCUT2D eigenvalue weighted by atomic mass is 10.0. The number of pyridine rings is 2. The summed E-state index contributed by atoms with van der Waals surface area (Å²) in [6.45, 7) is 2.22. The highest BCUT2D eigenvalue weighted by atomic mass is 16.1. The van der Waals surface area contributed by atoms with Gasteiger partial charge in [0.05, 0.1) is 0 Å². The van der Waals surface area contributed by atoms with E-state index < -0.39 is 0 Å². The van der Waals surface area contributed by atoms with Gasteiger partial charge in [-0.15, -0.1) is 0 Å². The SMILES string of the molecule is CC(=O)c1cncc(-c2c[nH]c3ncc(-c4cccc(NC(=O)/C=C/CN(C)C)c4)cc23)c1. The van der Waals surface area contributed by atoms with Gasteiger partial charge < -0.3 is 15.2 Å². The van der Waals surface area contributed by atoms with Gasteiger partial charge in [0.1, 0.15) is 5.65 Å². The van der Waals surface area contributed by atoms with Gasteiger partial charge in [-0.2, -0.15) is 0 Å². The fourth-order valence-corrected chi connectivity index (χ4v) is 3.51. The van der Waals surface area contributed by atoms with Gasteiger partial charge in [0, 0.05) is 70.7 Å². The lowest BCUT2D eigenvalue weighted by Gasteiger charge is -2.08. The molecule has 2 N–H and O–H groups in total. The largest absolute Gasteiger partial charge is 0.346 e. The number of hydrogen-bond donors (Lipinski definition) is 2. The van der Waals surface area contributed by atoms with E-state index in [-0.39, 0.29) is 11.7 Å². The Hall–Kier alpha value is -4.10. The molecule has 0 saturated carbocycles. The Morgan fingerprint density at radius 2 is 1.91 bits per heavy atom. The number of hydrogen-bond acceptors (Lipinski definition) is 5. The second-order valence-electron chi connectivity index (χ2n) is 8.08. The van der Waals surface area contributed by atoms with Gasteiger partial charge in [0.15, 0.2) is 5.78 Å². The summed E-state index contributed by atoms with van der Waals surface area (Å²) in [4.78, 5) is 37.9. The van der Waals surface area contributed by atoms with Crippen molar-refractivity contribution in [3.8, 4) is 22.3 Å². The summed E-state index contributed by atoms with van der Waals surface area (Å²) in [5, 5.41) is 3.83. The zero-order chi connectivity index (χ0) is 23.4.